The van der Waals surface area contributed by atoms with Gasteiger partial charge >= 0.3 is 0 Å². The molecule has 5 rings (SSSR count). The molecule has 2 N–H and O–H groups in total. The van der Waals surface area contributed by atoms with Crippen molar-refractivity contribution in [2.75, 3.05) is 25.3 Å². The second kappa shape index (κ2) is 14.7. The number of nitrogens with zero attached hydrogens (tertiary/aromatic N) is 3. The summed E-state index contributed by atoms with van der Waals surface area (Å²) in [6, 6.07) is 22.6. The van der Waals surface area contributed by atoms with E-state index in [-0.39, 0.29) is 5.78 Å². The van der Waals surface area contributed by atoms with Crippen molar-refractivity contribution >= 4 is 65.0 Å². The zero-order chi connectivity index (χ0) is 27.5. The van der Waals surface area contributed by atoms with E-state index in [4.69, 9.17) is 15.2 Å². The lowest BCUT2D eigenvalue weighted by molar-refractivity contribution is 0.102. The Morgan fingerprint density at radius 2 is 1.61 bits per heavy atom. The van der Waals surface area contributed by atoms with E-state index in [1.807, 2.05) is 71.4 Å². The SMILES string of the molecule is COc1ccc(Br)cc1-c1cn2ccccc2n1.COc1ccc(Br)cc1C(=O)CBr.Nc1ccccn1. The van der Waals surface area contributed by atoms with Crippen molar-refractivity contribution in [3.8, 4) is 22.8 Å². The van der Waals surface area contributed by atoms with Crippen molar-refractivity contribution in [3.05, 3.63) is 106 Å². The average Bonchev–Trinajstić information content (AvgIpc) is 3.38. The summed E-state index contributed by atoms with van der Waals surface area (Å²) in [4.78, 5) is 19.7. The number of carbonyl (C=O) groups excluding carboxylic acids is 1. The number of carbonyl (C=O) groups is 1. The van der Waals surface area contributed by atoms with Gasteiger partial charge in [-0.2, -0.15) is 0 Å². The number of benzene rings is 2. The summed E-state index contributed by atoms with van der Waals surface area (Å²) >= 11 is 9.90. The third-order valence-corrected chi connectivity index (χ3v) is 6.57. The molecule has 0 saturated carbocycles. The Kier molecular flexibility index (Phi) is 11.3. The Hall–Kier alpha value is -3.21. The number of nitrogen functional groups attached to an aromatic ring is 1. The van der Waals surface area contributed by atoms with Crippen LogP contribution in [0.2, 0.25) is 0 Å². The topological polar surface area (TPSA) is 91.7 Å². The maximum Gasteiger partial charge on any atom is 0.177 e. The number of fused-ring (bicyclic) bond motifs is 1. The van der Waals surface area contributed by atoms with Crippen molar-refractivity contribution in [3.63, 3.8) is 0 Å². The molecular formula is C28H25Br3N4O3. The quantitative estimate of drug-likeness (QED) is 0.151. The lowest BCUT2D eigenvalue weighted by Gasteiger charge is -2.06. The number of alkyl halides is 1. The number of nitrogens with two attached hydrogens (primary N) is 1. The van der Waals surface area contributed by atoms with Crippen molar-refractivity contribution in [1.82, 2.24) is 14.4 Å². The molecule has 0 amide bonds. The number of Topliss-reactive ketones (excluding diaryl/α,β-unsaturated/α-hetero) is 1. The number of ether oxygens (including phenoxy) is 2. The Labute approximate surface area is 246 Å². The minimum absolute atomic E-state index is 0.0122. The van der Waals surface area contributed by atoms with Crippen molar-refractivity contribution in [2.24, 2.45) is 0 Å². The molecule has 10 heteroatoms. The number of hydrogen-bond acceptors (Lipinski definition) is 6. The van der Waals surface area contributed by atoms with Gasteiger partial charge in [-0.25, -0.2) is 9.97 Å². The van der Waals surface area contributed by atoms with Gasteiger partial charge in [0.2, 0.25) is 0 Å². The number of rotatable bonds is 5. The number of aromatic nitrogens is 3. The van der Waals surface area contributed by atoms with Crippen LogP contribution in [0.15, 0.2) is 100 Å². The van der Waals surface area contributed by atoms with Crippen molar-refractivity contribution < 1.29 is 14.3 Å². The molecular weight excluding hydrogens is 680 g/mol. The first kappa shape index (κ1) is 29.3. The number of imidazole rings is 1. The molecule has 0 aliphatic rings. The third-order valence-electron chi connectivity index (χ3n) is 5.07. The number of anilines is 1. The van der Waals surface area contributed by atoms with Crippen LogP contribution < -0.4 is 15.2 Å². The largest absolute Gasteiger partial charge is 0.496 e. The summed E-state index contributed by atoms with van der Waals surface area (Å²) in [5.74, 6) is 2.01. The van der Waals surface area contributed by atoms with Gasteiger partial charge in [-0.15, -0.1) is 0 Å². The summed E-state index contributed by atoms with van der Waals surface area (Å²) in [5, 5.41) is 0.305. The van der Waals surface area contributed by atoms with Crippen LogP contribution in [0.4, 0.5) is 5.82 Å². The van der Waals surface area contributed by atoms with E-state index in [0.29, 0.717) is 22.5 Å². The second-order valence-corrected chi connectivity index (χ2v) is 9.98. The monoisotopic (exact) mass is 702 g/mol. The Balaban J connectivity index is 0.000000175. The lowest BCUT2D eigenvalue weighted by atomic mass is 10.1. The number of hydrogen-bond donors (Lipinski definition) is 1. The van der Waals surface area contributed by atoms with Crippen LogP contribution in [0.25, 0.3) is 16.9 Å². The molecule has 0 fully saturated rings. The first-order valence-corrected chi connectivity index (χ1v) is 13.9. The molecule has 7 nitrogen and oxygen atoms in total. The van der Waals surface area contributed by atoms with Crippen LogP contribution in [-0.2, 0) is 0 Å². The van der Waals surface area contributed by atoms with E-state index < -0.39 is 0 Å². The first-order valence-electron chi connectivity index (χ1n) is 11.2. The summed E-state index contributed by atoms with van der Waals surface area (Å²) in [5.41, 5.74) is 8.65. The molecule has 5 aromatic rings. The molecule has 196 valence electrons. The van der Waals surface area contributed by atoms with Crippen LogP contribution in [0, 0.1) is 0 Å². The van der Waals surface area contributed by atoms with Crippen LogP contribution >= 0.6 is 47.8 Å². The van der Waals surface area contributed by atoms with Gasteiger partial charge in [0.25, 0.3) is 0 Å². The van der Waals surface area contributed by atoms with Gasteiger partial charge in [0.15, 0.2) is 5.78 Å². The van der Waals surface area contributed by atoms with Gasteiger partial charge in [-0.3, -0.25) is 4.79 Å². The van der Waals surface area contributed by atoms with Crippen LogP contribution in [-0.4, -0.2) is 39.7 Å². The maximum atomic E-state index is 11.4. The zero-order valence-corrected chi connectivity index (χ0v) is 25.4. The molecule has 2 aromatic carbocycles. The van der Waals surface area contributed by atoms with Crippen molar-refractivity contribution in [1.29, 1.82) is 0 Å². The van der Waals surface area contributed by atoms with E-state index in [0.717, 1.165) is 31.6 Å². The molecule has 0 radical (unpaired) electrons. The minimum Gasteiger partial charge on any atom is -0.496 e. The van der Waals surface area contributed by atoms with E-state index in [9.17, 15) is 4.79 Å². The van der Waals surface area contributed by atoms with E-state index in [1.54, 1.807) is 38.6 Å². The highest BCUT2D eigenvalue weighted by Crippen LogP contribution is 2.32. The number of methoxy groups -OCH3 is 2. The van der Waals surface area contributed by atoms with Gasteiger partial charge < -0.3 is 19.6 Å². The molecule has 3 heterocycles. The first-order chi connectivity index (χ1) is 18.4. The number of pyridine rings is 2. The molecule has 3 aromatic heterocycles. The Morgan fingerprint density at radius 1 is 0.921 bits per heavy atom. The number of ketones is 1. The van der Waals surface area contributed by atoms with Gasteiger partial charge in [0.05, 0.1) is 30.8 Å². The Bertz CT molecular complexity index is 1460. The van der Waals surface area contributed by atoms with E-state index in [2.05, 4.69) is 57.8 Å². The number of halogens is 3. The average molecular weight is 705 g/mol. The standard InChI is InChI=1S/C14H11BrN2O.C9H8Br2O2.C5H6N2/c1-18-13-6-5-10(15)8-11(13)12-9-17-7-3-2-4-14(17)16-12;1-13-9-3-2-6(11)4-7(9)8(12)5-10;6-5-3-1-2-4-7-5/h2-9H,1H3;2-4H,5H2,1H3;1-4H,(H2,6,7). The van der Waals surface area contributed by atoms with Gasteiger partial charge in [0, 0.05) is 33.1 Å². The predicted octanol–water partition coefficient (Wildman–Crippen LogP) is 7.47. The molecule has 0 spiro atoms. The predicted molar refractivity (Wildman–Crippen MR) is 162 cm³/mol. The van der Waals surface area contributed by atoms with Crippen LogP contribution in [0.1, 0.15) is 10.4 Å². The van der Waals surface area contributed by atoms with Crippen LogP contribution in [0.3, 0.4) is 0 Å². The fourth-order valence-corrected chi connectivity index (χ4v) is 4.32. The normalized spacial score (nSPS) is 10.0. The minimum atomic E-state index is 0.0122. The molecule has 0 atom stereocenters. The Morgan fingerprint density at radius 3 is 2.18 bits per heavy atom. The highest BCUT2D eigenvalue weighted by atomic mass is 79.9. The summed E-state index contributed by atoms with van der Waals surface area (Å²) in [6.07, 6.45) is 5.64. The molecule has 0 unspecified atom stereocenters. The maximum absolute atomic E-state index is 11.4. The molecule has 0 bridgehead atoms. The fraction of sp³-hybridized carbons (Fsp3) is 0.107. The molecule has 0 aliphatic carbocycles. The zero-order valence-electron chi connectivity index (χ0n) is 20.6. The highest BCUT2D eigenvalue weighted by Gasteiger charge is 2.11. The lowest BCUT2D eigenvalue weighted by Crippen LogP contribution is -2.02. The second-order valence-electron chi connectivity index (χ2n) is 7.59. The molecule has 0 saturated heterocycles. The van der Waals surface area contributed by atoms with Gasteiger partial charge in [0.1, 0.15) is 23.0 Å². The third kappa shape index (κ3) is 8.14. The summed E-state index contributed by atoms with van der Waals surface area (Å²) < 4.78 is 14.3. The molecule has 38 heavy (non-hydrogen) atoms. The fourth-order valence-electron chi connectivity index (χ4n) is 3.29. The highest BCUT2D eigenvalue weighted by molar-refractivity contribution is 9.10. The van der Waals surface area contributed by atoms with E-state index in [1.165, 1.54) is 0 Å². The molecule has 0 aliphatic heterocycles. The van der Waals surface area contributed by atoms with Gasteiger partial charge in [-0.1, -0.05) is 59.9 Å². The smallest absolute Gasteiger partial charge is 0.177 e. The van der Waals surface area contributed by atoms with Crippen LogP contribution in [0.5, 0.6) is 11.5 Å². The van der Waals surface area contributed by atoms with Crippen molar-refractivity contribution in [2.45, 2.75) is 0 Å². The van der Waals surface area contributed by atoms with E-state index >= 15 is 0 Å². The van der Waals surface area contributed by atoms with Gasteiger partial charge in [-0.05, 0) is 60.7 Å². The summed E-state index contributed by atoms with van der Waals surface area (Å²) in [6.45, 7) is 0. The summed E-state index contributed by atoms with van der Waals surface area (Å²) in [7, 11) is 3.22.